The van der Waals surface area contributed by atoms with Crippen LogP contribution in [0.4, 0.5) is 4.39 Å². The fraction of sp³-hybridized carbons (Fsp3) is 0. The predicted octanol–water partition coefficient (Wildman–Crippen LogP) is 13.1. The molecule has 0 bridgehead atoms. The van der Waals surface area contributed by atoms with Gasteiger partial charge in [-0.15, -0.1) is 0 Å². The van der Waals surface area contributed by atoms with Gasteiger partial charge in [-0.25, -0.2) is 19.3 Å². The van der Waals surface area contributed by atoms with Gasteiger partial charge in [-0.1, -0.05) is 164 Å². The number of halogens is 1. The lowest BCUT2D eigenvalue weighted by Crippen LogP contribution is -2.04. The van der Waals surface area contributed by atoms with Crippen LogP contribution in [0.5, 0.6) is 0 Å². The highest BCUT2D eigenvalue weighted by Crippen LogP contribution is 2.39. The Morgan fingerprint density at radius 2 is 0.750 bits per heavy atom. The van der Waals surface area contributed by atoms with E-state index in [0.29, 0.717) is 17.5 Å². The Balaban J connectivity index is 1.20. The molecule has 0 aliphatic heterocycles. The topological polar surface area (TPSA) is 43.6 Å². The summed E-state index contributed by atoms with van der Waals surface area (Å²) < 4.78 is 17.3. The first-order valence-corrected chi connectivity index (χ1v) is 18.6. The lowest BCUT2D eigenvalue weighted by molar-refractivity contribution is 0.629. The molecule has 10 aromatic rings. The van der Waals surface area contributed by atoms with Crippen LogP contribution in [-0.2, 0) is 0 Å². The first kappa shape index (κ1) is 33.1. The van der Waals surface area contributed by atoms with Crippen molar-refractivity contribution >= 4 is 21.8 Å². The van der Waals surface area contributed by atoms with Gasteiger partial charge in [-0.3, -0.25) is 0 Å². The van der Waals surface area contributed by atoms with Crippen LogP contribution in [-0.4, -0.2) is 19.5 Å². The summed E-state index contributed by atoms with van der Waals surface area (Å²) in [7, 11) is 0. The molecule has 0 radical (unpaired) electrons. The maximum Gasteiger partial charge on any atom is 0.166 e. The number of hydrogen-bond donors (Lipinski definition) is 0. The van der Waals surface area contributed by atoms with Crippen molar-refractivity contribution in [3.8, 4) is 73.2 Å². The van der Waals surface area contributed by atoms with Gasteiger partial charge in [-0.2, -0.15) is 0 Å². The van der Waals surface area contributed by atoms with Crippen LogP contribution in [0.1, 0.15) is 0 Å². The van der Waals surface area contributed by atoms with Gasteiger partial charge in [0.05, 0.1) is 16.7 Å². The van der Waals surface area contributed by atoms with Crippen molar-refractivity contribution in [3.05, 3.63) is 206 Å². The summed E-state index contributed by atoms with van der Waals surface area (Å²) in [6, 6.07) is 67.2. The van der Waals surface area contributed by atoms with Gasteiger partial charge in [0, 0.05) is 27.5 Å². The van der Waals surface area contributed by atoms with Gasteiger partial charge in [0.1, 0.15) is 5.82 Å². The van der Waals surface area contributed by atoms with E-state index in [9.17, 15) is 0 Å². The monoisotopic (exact) mass is 720 g/mol. The molecule has 0 saturated heterocycles. The Hall–Kier alpha value is -7.50. The van der Waals surface area contributed by atoms with Crippen molar-refractivity contribution in [2.24, 2.45) is 0 Å². The Bertz CT molecular complexity index is 2890. The third kappa shape index (κ3) is 6.11. The lowest BCUT2D eigenvalue weighted by Gasteiger charge is -2.16. The zero-order valence-electron chi connectivity index (χ0n) is 30.2. The first-order chi connectivity index (χ1) is 27.7. The molecule has 0 atom stereocenters. The number of hydrogen-bond acceptors (Lipinski definition) is 3. The summed E-state index contributed by atoms with van der Waals surface area (Å²) in [6.07, 6.45) is 0. The van der Waals surface area contributed by atoms with Crippen LogP contribution < -0.4 is 0 Å². The van der Waals surface area contributed by atoms with E-state index in [2.05, 4.69) is 120 Å². The van der Waals surface area contributed by atoms with Crippen molar-refractivity contribution in [1.29, 1.82) is 0 Å². The number of benzene rings is 8. The molecule has 0 aliphatic rings. The van der Waals surface area contributed by atoms with Gasteiger partial charge < -0.3 is 4.57 Å². The molecule has 0 unspecified atom stereocenters. The molecule has 10 rings (SSSR count). The van der Waals surface area contributed by atoms with Gasteiger partial charge in [0.25, 0.3) is 0 Å². The Morgan fingerprint density at radius 3 is 1.32 bits per heavy atom. The third-order valence-electron chi connectivity index (χ3n) is 10.4. The standard InChI is InChI=1S/C51H33FN4/c52-42-29-31-44-43-18-10-11-19-46(43)56(48(44)33-42)47-32-41(36-16-8-3-9-17-36)28-30-45(47)51-54-49(39-24-20-37(21-25-39)34-12-4-1-5-13-34)53-50(55-51)40-26-22-38(23-27-40)35-14-6-2-7-15-35/h1-33H. The molecule has 2 heterocycles. The Kier molecular flexibility index (Phi) is 8.30. The third-order valence-corrected chi connectivity index (χ3v) is 10.4. The predicted molar refractivity (Wildman–Crippen MR) is 227 cm³/mol. The smallest absolute Gasteiger partial charge is 0.166 e. The quantitative estimate of drug-likeness (QED) is 0.165. The number of aromatic nitrogens is 4. The SMILES string of the molecule is Fc1ccc2c3ccccc3n(-c3cc(-c4ccccc4)ccc3-c3nc(-c4ccc(-c5ccccc5)cc4)nc(-c4ccc(-c5ccccc5)cc4)n3)c2c1. The first-order valence-electron chi connectivity index (χ1n) is 18.6. The van der Waals surface area contributed by atoms with E-state index in [1.165, 1.54) is 6.07 Å². The van der Waals surface area contributed by atoms with Gasteiger partial charge >= 0.3 is 0 Å². The molecular weight excluding hydrogens is 688 g/mol. The highest BCUT2D eigenvalue weighted by molar-refractivity contribution is 6.09. The summed E-state index contributed by atoms with van der Waals surface area (Å²) in [5.41, 5.74) is 11.7. The minimum Gasteiger partial charge on any atom is -0.308 e. The van der Waals surface area contributed by atoms with E-state index in [4.69, 9.17) is 15.0 Å². The summed E-state index contributed by atoms with van der Waals surface area (Å²) in [6.45, 7) is 0. The van der Waals surface area contributed by atoms with Crippen LogP contribution in [0.3, 0.4) is 0 Å². The molecule has 0 aliphatic carbocycles. The second kappa shape index (κ2) is 14.0. The van der Waals surface area contributed by atoms with Crippen molar-refractivity contribution in [3.63, 3.8) is 0 Å². The second-order valence-electron chi connectivity index (χ2n) is 13.8. The maximum absolute atomic E-state index is 15.1. The fourth-order valence-corrected chi connectivity index (χ4v) is 7.56. The number of fused-ring (bicyclic) bond motifs is 3. The zero-order chi connectivity index (χ0) is 37.4. The second-order valence-corrected chi connectivity index (χ2v) is 13.8. The largest absolute Gasteiger partial charge is 0.308 e. The van der Waals surface area contributed by atoms with Crippen LogP contribution in [0.2, 0.25) is 0 Å². The van der Waals surface area contributed by atoms with E-state index in [0.717, 1.165) is 77.6 Å². The molecule has 4 nitrogen and oxygen atoms in total. The molecule has 0 fully saturated rings. The normalized spacial score (nSPS) is 11.3. The Labute approximate surface area is 323 Å². The van der Waals surface area contributed by atoms with Crippen molar-refractivity contribution < 1.29 is 4.39 Å². The van der Waals surface area contributed by atoms with Gasteiger partial charge in [-0.05, 0) is 69.8 Å². The Morgan fingerprint density at radius 1 is 0.321 bits per heavy atom. The van der Waals surface area contributed by atoms with Crippen molar-refractivity contribution in [2.45, 2.75) is 0 Å². The summed E-state index contributed by atoms with van der Waals surface area (Å²) in [4.78, 5) is 15.5. The molecule has 8 aromatic carbocycles. The molecule has 0 spiro atoms. The summed E-state index contributed by atoms with van der Waals surface area (Å²) in [5, 5.41) is 2.00. The molecule has 0 amide bonds. The molecule has 56 heavy (non-hydrogen) atoms. The van der Waals surface area contributed by atoms with E-state index < -0.39 is 0 Å². The number of rotatable bonds is 7. The zero-order valence-corrected chi connectivity index (χ0v) is 30.2. The summed E-state index contributed by atoms with van der Waals surface area (Å²) in [5.74, 6) is 1.33. The van der Waals surface area contributed by atoms with E-state index in [-0.39, 0.29) is 5.82 Å². The van der Waals surface area contributed by atoms with E-state index in [1.54, 1.807) is 6.07 Å². The van der Waals surface area contributed by atoms with Gasteiger partial charge in [0.2, 0.25) is 0 Å². The van der Waals surface area contributed by atoms with Crippen LogP contribution >= 0.6 is 0 Å². The highest BCUT2D eigenvalue weighted by Gasteiger charge is 2.21. The molecule has 264 valence electrons. The summed E-state index contributed by atoms with van der Waals surface area (Å²) >= 11 is 0. The minimum atomic E-state index is -0.301. The average molecular weight is 721 g/mol. The van der Waals surface area contributed by atoms with E-state index >= 15 is 4.39 Å². The molecular formula is C51H33FN4. The fourth-order valence-electron chi connectivity index (χ4n) is 7.56. The number of nitrogens with zero attached hydrogens (tertiary/aromatic N) is 4. The van der Waals surface area contributed by atoms with Crippen molar-refractivity contribution in [1.82, 2.24) is 19.5 Å². The minimum absolute atomic E-state index is 0.301. The average Bonchev–Trinajstić information content (AvgIpc) is 3.60. The lowest BCUT2D eigenvalue weighted by atomic mass is 10.0. The molecule has 5 heteroatoms. The van der Waals surface area contributed by atoms with Gasteiger partial charge in [0.15, 0.2) is 17.5 Å². The van der Waals surface area contributed by atoms with Crippen molar-refractivity contribution in [2.75, 3.05) is 0 Å². The molecule has 2 aromatic heterocycles. The van der Waals surface area contributed by atoms with Crippen LogP contribution in [0, 0.1) is 5.82 Å². The van der Waals surface area contributed by atoms with Crippen LogP contribution in [0.25, 0.3) is 95.0 Å². The highest BCUT2D eigenvalue weighted by atomic mass is 19.1. The number of para-hydroxylation sites is 1. The molecule has 0 N–H and O–H groups in total. The van der Waals surface area contributed by atoms with Crippen LogP contribution in [0.15, 0.2) is 200 Å². The molecule has 0 saturated carbocycles. The maximum atomic E-state index is 15.1. The van der Waals surface area contributed by atoms with E-state index in [1.807, 2.05) is 72.8 Å².